The number of carbonyl (C=O) groups is 1. The number of anilines is 1. The third-order valence-corrected chi connectivity index (χ3v) is 5.92. The highest BCUT2D eigenvalue weighted by Gasteiger charge is 2.28. The quantitative estimate of drug-likeness (QED) is 0.356. The van der Waals surface area contributed by atoms with Crippen molar-refractivity contribution in [2.75, 3.05) is 12.4 Å². The number of ether oxygens (including phenoxy) is 1. The number of aromatic nitrogens is 3. The van der Waals surface area contributed by atoms with Gasteiger partial charge in [0.2, 0.25) is 0 Å². The summed E-state index contributed by atoms with van der Waals surface area (Å²) >= 11 is 5.91. The Kier molecular flexibility index (Phi) is 6.41. The average Bonchev–Trinajstić information content (AvgIpc) is 3.30. The number of fused-ring (bicyclic) bond motifs is 1. The van der Waals surface area contributed by atoms with Crippen LogP contribution in [0, 0.1) is 0 Å². The number of methoxy groups -OCH3 is 1. The lowest BCUT2D eigenvalue weighted by atomic mass is 9.96. The number of halogens is 1. The molecule has 174 valence electrons. The van der Waals surface area contributed by atoms with E-state index in [1.165, 1.54) is 6.08 Å². The van der Waals surface area contributed by atoms with E-state index in [-0.39, 0.29) is 17.9 Å². The molecular weight excluding hydrogens is 462 g/mol. The monoisotopic (exact) mass is 483 g/mol. The summed E-state index contributed by atoms with van der Waals surface area (Å²) in [6.07, 6.45) is 3.77. The predicted octanol–water partition coefficient (Wildman–Crippen LogP) is 5.71. The van der Waals surface area contributed by atoms with Gasteiger partial charge in [-0.3, -0.25) is 10.1 Å². The Morgan fingerprint density at radius 2 is 1.80 bits per heavy atom. The summed E-state index contributed by atoms with van der Waals surface area (Å²) in [6.45, 7) is 0. The van der Waals surface area contributed by atoms with Crippen LogP contribution < -0.4 is 10.1 Å². The smallest absolute Gasteiger partial charge is 0.250 e. The maximum atomic E-state index is 12.5. The zero-order chi connectivity index (χ0) is 24.2. The predicted molar refractivity (Wildman–Crippen MR) is 138 cm³/mol. The van der Waals surface area contributed by atoms with E-state index in [2.05, 4.69) is 15.4 Å². The van der Waals surface area contributed by atoms with Crippen LogP contribution in [0.5, 0.6) is 5.75 Å². The van der Waals surface area contributed by atoms with Gasteiger partial charge in [0, 0.05) is 17.5 Å². The molecule has 8 heteroatoms. The minimum Gasteiger partial charge on any atom is -0.497 e. The van der Waals surface area contributed by atoms with E-state index in [1.54, 1.807) is 30.0 Å². The molecule has 1 unspecified atom stereocenters. The zero-order valence-electron chi connectivity index (χ0n) is 18.9. The minimum atomic E-state index is -0.337. The van der Waals surface area contributed by atoms with Crippen molar-refractivity contribution in [3.8, 4) is 5.75 Å². The lowest BCUT2D eigenvalue weighted by Crippen LogP contribution is -2.21. The van der Waals surface area contributed by atoms with Crippen molar-refractivity contribution in [1.82, 2.24) is 14.8 Å². The second-order valence-electron chi connectivity index (χ2n) is 7.97. The van der Waals surface area contributed by atoms with Crippen molar-refractivity contribution in [1.29, 1.82) is 0 Å². The van der Waals surface area contributed by atoms with Gasteiger partial charge in [-0.15, -0.1) is 5.10 Å². The van der Waals surface area contributed by atoms with E-state index in [0.717, 1.165) is 28.2 Å². The van der Waals surface area contributed by atoms with Crippen LogP contribution in [0.2, 0.25) is 5.02 Å². The third kappa shape index (κ3) is 5.15. The number of hydrogen-bond acceptors (Lipinski definition) is 5. The number of carbonyl (C=O) groups excluding carboxylic acids is 1. The summed E-state index contributed by atoms with van der Waals surface area (Å²) in [7, 11) is 1.64. The summed E-state index contributed by atoms with van der Waals surface area (Å²) in [5.74, 6) is 1.08. The van der Waals surface area contributed by atoms with Gasteiger partial charge in [0.25, 0.3) is 17.8 Å². The SMILES string of the molecule is COc1ccc(C2CC(c3ccccc3)=Nc3nc(NC(=O)/C=C/c4ccc(Cl)cc4)nn32)cc1. The first kappa shape index (κ1) is 22.6. The molecule has 1 atom stereocenters. The first-order valence-corrected chi connectivity index (χ1v) is 11.4. The Labute approximate surface area is 207 Å². The fourth-order valence-corrected chi connectivity index (χ4v) is 4.01. The summed E-state index contributed by atoms with van der Waals surface area (Å²) in [5.41, 5.74) is 3.84. The van der Waals surface area contributed by atoms with Crippen LogP contribution in [-0.4, -0.2) is 33.5 Å². The molecule has 1 aromatic heterocycles. The molecule has 1 aliphatic heterocycles. The van der Waals surface area contributed by atoms with Gasteiger partial charge in [-0.2, -0.15) is 4.98 Å². The molecule has 1 N–H and O–H groups in total. The largest absolute Gasteiger partial charge is 0.497 e. The van der Waals surface area contributed by atoms with Crippen molar-refractivity contribution in [3.63, 3.8) is 0 Å². The molecule has 0 saturated carbocycles. The molecule has 0 aliphatic carbocycles. The molecule has 7 nitrogen and oxygen atoms in total. The third-order valence-electron chi connectivity index (χ3n) is 5.67. The average molecular weight is 484 g/mol. The number of aliphatic imine (C=N–C) groups is 1. The Hall–Kier alpha value is -4.23. The van der Waals surface area contributed by atoms with E-state index < -0.39 is 0 Å². The van der Waals surface area contributed by atoms with E-state index in [1.807, 2.05) is 66.7 Å². The highest BCUT2D eigenvalue weighted by atomic mass is 35.5. The summed E-state index contributed by atoms with van der Waals surface area (Å²) in [5, 5.41) is 7.95. The lowest BCUT2D eigenvalue weighted by Gasteiger charge is -2.23. The Morgan fingerprint density at radius 1 is 1.06 bits per heavy atom. The fraction of sp³-hybridized carbons (Fsp3) is 0.111. The molecule has 0 fully saturated rings. The van der Waals surface area contributed by atoms with Crippen LogP contribution in [0.15, 0.2) is 89.9 Å². The molecule has 1 aliphatic rings. The maximum absolute atomic E-state index is 12.5. The highest BCUT2D eigenvalue weighted by Crippen LogP contribution is 2.34. The molecule has 3 aromatic carbocycles. The van der Waals surface area contributed by atoms with Crippen LogP contribution in [0.1, 0.15) is 29.2 Å². The van der Waals surface area contributed by atoms with Crippen LogP contribution in [0.25, 0.3) is 6.08 Å². The summed E-state index contributed by atoms with van der Waals surface area (Å²) < 4.78 is 7.06. The van der Waals surface area contributed by atoms with Crippen molar-refractivity contribution >= 4 is 41.2 Å². The molecule has 5 rings (SSSR count). The van der Waals surface area contributed by atoms with Gasteiger partial charge in [-0.25, -0.2) is 9.67 Å². The molecule has 2 heterocycles. The molecule has 0 bridgehead atoms. The molecule has 1 amide bonds. The first-order chi connectivity index (χ1) is 17.1. The van der Waals surface area contributed by atoms with Gasteiger partial charge in [0.05, 0.1) is 18.9 Å². The van der Waals surface area contributed by atoms with Crippen LogP contribution in [-0.2, 0) is 4.79 Å². The van der Waals surface area contributed by atoms with Gasteiger partial charge in [-0.1, -0.05) is 66.2 Å². The Bertz CT molecular complexity index is 1390. The molecular formula is C27H22ClN5O2. The summed E-state index contributed by atoms with van der Waals surface area (Å²) in [4.78, 5) is 21.8. The van der Waals surface area contributed by atoms with E-state index >= 15 is 0 Å². The number of hydrogen-bond donors (Lipinski definition) is 1. The maximum Gasteiger partial charge on any atom is 0.250 e. The highest BCUT2D eigenvalue weighted by molar-refractivity contribution is 6.30. The normalized spacial score (nSPS) is 14.9. The second kappa shape index (κ2) is 9.95. The van der Waals surface area contributed by atoms with Crippen LogP contribution in [0.4, 0.5) is 11.9 Å². The van der Waals surface area contributed by atoms with Crippen LogP contribution in [0.3, 0.4) is 0 Å². The van der Waals surface area contributed by atoms with Gasteiger partial charge in [0.15, 0.2) is 0 Å². The van der Waals surface area contributed by atoms with Crippen LogP contribution >= 0.6 is 11.6 Å². The minimum absolute atomic E-state index is 0.133. The van der Waals surface area contributed by atoms with Gasteiger partial charge in [-0.05, 0) is 47.0 Å². The second-order valence-corrected chi connectivity index (χ2v) is 8.41. The number of amides is 1. The number of nitrogens with zero attached hydrogens (tertiary/aromatic N) is 4. The van der Waals surface area contributed by atoms with Crippen molar-refractivity contribution in [2.45, 2.75) is 12.5 Å². The van der Waals surface area contributed by atoms with Crippen molar-refractivity contribution < 1.29 is 9.53 Å². The van der Waals surface area contributed by atoms with E-state index in [9.17, 15) is 4.79 Å². The van der Waals surface area contributed by atoms with E-state index in [0.29, 0.717) is 17.4 Å². The van der Waals surface area contributed by atoms with Gasteiger partial charge >= 0.3 is 0 Å². The lowest BCUT2D eigenvalue weighted by molar-refractivity contribution is -0.111. The zero-order valence-corrected chi connectivity index (χ0v) is 19.7. The molecule has 4 aromatic rings. The number of nitrogens with one attached hydrogen (secondary N) is 1. The first-order valence-electron chi connectivity index (χ1n) is 11.1. The Balaban J connectivity index is 1.43. The Morgan fingerprint density at radius 3 is 2.51 bits per heavy atom. The standard InChI is InChI=1S/C27H22ClN5O2/c1-35-22-14-10-20(11-15-22)24-17-23(19-5-3-2-4-6-19)29-27-31-26(32-33(24)27)30-25(34)16-9-18-7-12-21(28)13-8-18/h2-16,24H,17H2,1H3,(H,30,32,34)/b16-9+. The molecule has 35 heavy (non-hydrogen) atoms. The van der Waals surface area contributed by atoms with E-state index in [4.69, 9.17) is 21.3 Å². The summed E-state index contributed by atoms with van der Waals surface area (Å²) in [6, 6.07) is 24.9. The molecule has 0 radical (unpaired) electrons. The van der Waals surface area contributed by atoms with Gasteiger partial charge in [0.1, 0.15) is 5.75 Å². The molecule has 0 saturated heterocycles. The number of benzene rings is 3. The number of rotatable bonds is 6. The topological polar surface area (TPSA) is 81.4 Å². The molecule has 0 spiro atoms. The van der Waals surface area contributed by atoms with Crippen molar-refractivity contribution in [3.05, 3.63) is 107 Å². The van der Waals surface area contributed by atoms with Gasteiger partial charge < -0.3 is 4.74 Å². The van der Waals surface area contributed by atoms with Crippen molar-refractivity contribution in [2.24, 2.45) is 4.99 Å². The fourth-order valence-electron chi connectivity index (χ4n) is 3.89.